The van der Waals surface area contributed by atoms with Gasteiger partial charge in [0.15, 0.2) is 6.61 Å². The van der Waals surface area contributed by atoms with Crippen LogP contribution in [-0.4, -0.2) is 34.9 Å². The minimum absolute atomic E-state index is 0.218. The second kappa shape index (κ2) is 12.7. The molecule has 0 aromatic heterocycles. The lowest BCUT2D eigenvalue weighted by molar-refractivity contribution is -0.143. The van der Waals surface area contributed by atoms with E-state index < -0.39 is 11.6 Å². The third kappa shape index (κ3) is 8.64. The summed E-state index contributed by atoms with van der Waals surface area (Å²) < 4.78 is 7.42. The zero-order valence-corrected chi connectivity index (χ0v) is 24.4. The van der Waals surface area contributed by atoms with Gasteiger partial charge < -0.3 is 15.0 Å². The molecule has 1 N–H and O–H groups in total. The molecule has 3 rings (SSSR count). The summed E-state index contributed by atoms with van der Waals surface area (Å²) in [6.07, 6.45) is 0.371. The molecule has 0 fully saturated rings. The molecule has 36 heavy (non-hydrogen) atoms. The Bertz CT molecular complexity index is 1180. The van der Waals surface area contributed by atoms with Gasteiger partial charge in [-0.2, -0.15) is 0 Å². The molecule has 0 bridgehead atoms. The Morgan fingerprint density at radius 3 is 2.25 bits per heavy atom. The van der Waals surface area contributed by atoms with Crippen LogP contribution in [0.15, 0.2) is 81.7 Å². The van der Waals surface area contributed by atoms with Gasteiger partial charge in [0.2, 0.25) is 5.91 Å². The summed E-state index contributed by atoms with van der Waals surface area (Å²) in [4.78, 5) is 28.8. The van der Waals surface area contributed by atoms with Gasteiger partial charge in [0.05, 0.1) is 4.47 Å². The SMILES string of the molecule is CC(C)(C)NC(=O)[C@@H](Cc1ccccc1)N(Cc1ccc(Br)cc1)C(=O)COc1ccc(Cl)cc1Br. The monoisotopic (exact) mass is 634 g/mol. The highest BCUT2D eigenvalue weighted by molar-refractivity contribution is 9.10. The lowest BCUT2D eigenvalue weighted by Crippen LogP contribution is -2.55. The Balaban J connectivity index is 1.93. The lowest BCUT2D eigenvalue weighted by atomic mass is 10.0. The van der Waals surface area contributed by atoms with Gasteiger partial charge in [-0.1, -0.05) is 70.0 Å². The van der Waals surface area contributed by atoms with Crippen molar-refractivity contribution in [1.82, 2.24) is 10.2 Å². The number of carbonyl (C=O) groups is 2. The highest BCUT2D eigenvalue weighted by atomic mass is 79.9. The summed E-state index contributed by atoms with van der Waals surface area (Å²) >= 11 is 12.9. The summed E-state index contributed by atoms with van der Waals surface area (Å²) in [5.74, 6) is -0.0238. The van der Waals surface area contributed by atoms with Crippen LogP contribution in [0.2, 0.25) is 5.02 Å². The lowest BCUT2D eigenvalue weighted by Gasteiger charge is -2.33. The summed E-state index contributed by atoms with van der Waals surface area (Å²) in [7, 11) is 0. The molecular weight excluding hydrogens is 608 g/mol. The first-order valence-corrected chi connectivity index (χ1v) is 13.5. The van der Waals surface area contributed by atoms with Crippen molar-refractivity contribution in [2.75, 3.05) is 6.61 Å². The highest BCUT2D eigenvalue weighted by Crippen LogP contribution is 2.28. The molecule has 0 saturated heterocycles. The van der Waals surface area contributed by atoms with Crippen molar-refractivity contribution in [2.24, 2.45) is 0 Å². The van der Waals surface area contributed by atoms with E-state index >= 15 is 0 Å². The number of carbonyl (C=O) groups excluding carboxylic acids is 2. The average molecular weight is 637 g/mol. The number of nitrogens with zero attached hydrogens (tertiary/aromatic N) is 1. The van der Waals surface area contributed by atoms with Crippen LogP contribution in [-0.2, 0) is 22.6 Å². The molecule has 0 spiro atoms. The fraction of sp³-hybridized carbons (Fsp3) is 0.286. The zero-order valence-electron chi connectivity index (χ0n) is 20.4. The van der Waals surface area contributed by atoms with Crippen molar-refractivity contribution in [1.29, 1.82) is 0 Å². The third-order valence-corrected chi connectivity index (χ3v) is 6.66. The van der Waals surface area contributed by atoms with Gasteiger partial charge in [-0.25, -0.2) is 0 Å². The molecule has 190 valence electrons. The molecule has 0 unspecified atom stereocenters. The van der Waals surface area contributed by atoms with E-state index in [1.54, 1.807) is 23.1 Å². The molecule has 2 amide bonds. The van der Waals surface area contributed by atoms with Crippen molar-refractivity contribution in [3.05, 3.63) is 97.9 Å². The van der Waals surface area contributed by atoms with E-state index in [1.807, 2.05) is 75.4 Å². The fourth-order valence-electron chi connectivity index (χ4n) is 3.61. The minimum Gasteiger partial charge on any atom is -0.483 e. The Hall–Kier alpha value is -2.35. The van der Waals surface area contributed by atoms with Gasteiger partial charge in [0.1, 0.15) is 11.8 Å². The Kier molecular flexibility index (Phi) is 10.00. The van der Waals surface area contributed by atoms with E-state index in [0.29, 0.717) is 21.7 Å². The maximum absolute atomic E-state index is 13.6. The maximum Gasteiger partial charge on any atom is 0.261 e. The molecule has 5 nitrogen and oxygen atoms in total. The van der Waals surface area contributed by atoms with E-state index in [9.17, 15) is 9.59 Å². The maximum atomic E-state index is 13.6. The van der Waals surface area contributed by atoms with Gasteiger partial charge in [-0.3, -0.25) is 9.59 Å². The first-order chi connectivity index (χ1) is 17.0. The number of hydrogen-bond donors (Lipinski definition) is 1. The van der Waals surface area contributed by atoms with Crippen LogP contribution >= 0.6 is 43.5 Å². The van der Waals surface area contributed by atoms with Crippen LogP contribution in [0.3, 0.4) is 0 Å². The molecule has 3 aromatic carbocycles. The standard InChI is InChI=1S/C28H29Br2ClN2O3/c1-28(2,3)32-27(35)24(15-19-7-5-4-6-8-19)33(17-20-9-11-21(29)12-10-20)26(34)18-36-25-14-13-22(31)16-23(25)30/h4-14,16,24H,15,17-18H2,1-3H3,(H,32,35)/t24-/m1/s1. The minimum atomic E-state index is -0.736. The molecule has 0 aliphatic carbocycles. The Morgan fingerprint density at radius 1 is 0.972 bits per heavy atom. The first-order valence-electron chi connectivity index (χ1n) is 11.5. The quantitative estimate of drug-likeness (QED) is 0.281. The highest BCUT2D eigenvalue weighted by Gasteiger charge is 2.32. The number of benzene rings is 3. The Morgan fingerprint density at radius 2 is 1.64 bits per heavy atom. The molecule has 0 aliphatic rings. The van der Waals surface area contributed by atoms with Gasteiger partial charge in [0.25, 0.3) is 5.91 Å². The van der Waals surface area contributed by atoms with Gasteiger partial charge in [0, 0.05) is 28.0 Å². The predicted molar refractivity (Wildman–Crippen MR) is 151 cm³/mol. The normalized spacial score (nSPS) is 12.1. The number of hydrogen-bond acceptors (Lipinski definition) is 3. The van der Waals surface area contributed by atoms with Crippen molar-refractivity contribution >= 4 is 55.3 Å². The third-order valence-electron chi connectivity index (χ3n) is 5.28. The Labute approximate surface area is 234 Å². The molecular formula is C28H29Br2ClN2O3. The van der Waals surface area contributed by atoms with E-state index in [-0.39, 0.29) is 25.0 Å². The second-order valence-electron chi connectivity index (χ2n) is 9.46. The number of nitrogens with one attached hydrogen (secondary N) is 1. The molecule has 0 heterocycles. The number of amides is 2. The van der Waals surface area contributed by atoms with Crippen molar-refractivity contribution in [3.63, 3.8) is 0 Å². The molecule has 0 saturated carbocycles. The van der Waals surface area contributed by atoms with Crippen molar-refractivity contribution in [3.8, 4) is 5.75 Å². The van der Waals surface area contributed by atoms with Crippen LogP contribution < -0.4 is 10.1 Å². The molecule has 0 radical (unpaired) electrons. The van der Waals surface area contributed by atoms with Crippen molar-refractivity contribution in [2.45, 2.75) is 45.3 Å². The number of ether oxygens (including phenoxy) is 1. The van der Waals surface area contributed by atoms with Crippen LogP contribution in [0.5, 0.6) is 5.75 Å². The van der Waals surface area contributed by atoms with E-state index in [4.69, 9.17) is 16.3 Å². The molecule has 3 aromatic rings. The fourth-order valence-corrected chi connectivity index (χ4v) is 4.67. The van der Waals surface area contributed by atoms with Crippen LogP contribution in [0.1, 0.15) is 31.9 Å². The zero-order chi connectivity index (χ0) is 26.3. The summed E-state index contributed by atoms with van der Waals surface area (Å²) in [6.45, 7) is 5.79. The second-order valence-corrected chi connectivity index (χ2v) is 11.7. The first kappa shape index (κ1) is 28.2. The van der Waals surface area contributed by atoms with Crippen molar-refractivity contribution < 1.29 is 14.3 Å². The van der Waals surface area contributed by atoms with Gasteiger partial charge >= 0.3 is 0 Å². The average Bonchev–Trinajstić information content (AvgIpc) is 2.81. The largest absolute Gasteiger partial charge is 0.483 e. The summed E-state index contributed by atoms with van der Waals surface area (Å²) in [6, 6.07) is 21.8. The van der Waals surface area contributed by atoms with E-state index in [0.717, 1.165) is 15.6 Å². The van der Waals surface area contributed by atoms with Gasteiger partial charge in [-0.15, -0.1) is 0 Å². The summed E-state index contributed by atoms with van der Waals surface area (Å²) in [5, 5.41) is 3.61. The van der Waals surface area contributed by atoms with Crippen LogP contribution in [0, 0.1) is 0 Å². The number of rotatable bonds is 9. The number of halogens is 3. The van der Waals surface area contributed by atoms with Gasteiger partial charge in [-0.05, 0) is 78.2 Å². The predicted octanol–water partition coefficient (Wildman–Crippen LogP) is 6.80. The topological polar surface area (TPSA) is 58.6 Å². The van der Waals surface area contributed by atoms with Crippen LogP contribution in [0.4, 0.5) is 0 Å². The molecule has 0 aliphatic heterocycles. The summed E-state index contributed by atoms with van der Waals surface area (Å²) in [5.41, 5.74) is 1.41. The van der Waals surface area contributed by atoms with E-state index in [1.165, 1.54) is 0 Å². The van der Waals surface area contributed by atoms with Crippen LogP contribution in [0.25, 0.3) is 0 Å². The smallest absolute Gasteiger partial charge is 0.261 e. The molecule has 8 heteroatoms. The van der Waals surface area contributed by atoms with E-state index in [2.05, 4.69) is 37.2 Å². The molecule has 1 atom stereocenters.